The molecule has 4 nitrogen and oxygen atoms in total. The highest BCUT2D eigenvalue weighted by Gasteiger charge is 2.00. The highest BCUT2D eigenvalue weighted by atomic mass is 32.1. The maximum absolute atomic E-state index is 5.24. The summed E-state index contributed by atoms with van der Waals surface area (Å²) >= 11 is 5.24. The highest BCUT2D eigenvalue weighted by molar-refractivity contribution is 7.80. The molecule has 2 rings (SSSR count). The lowest BCUT2D eigenvalue weighted by molar-refractivity contribution is 0.415. The fourth-order valence-electron chi connectivity index (χ4n) is 1.91. The van der Waals surface area contributed by atoms with E-state index in [0.29, 0.717) is 5.11 Å². The first-order chi connectivity index (χ1) is 10.6. The van der Waals surface area contributed by atoms with E-state index in [2.05, 4.69) is 15.8 Å². The standard InChI is InChI=1S/C17H19N3OS/c1-12-5-4-6-15(11-12)18-17(22)20-19-13(2)14-7-9-16(21-3)10-8-14/h4-11H,1-3H3,(H2,18,20,22)/b19-13+. The smallest absolute Gasteiger partial charge is 0.191 e. The van der Waals surface area contributed by atoms with E-state index < -0.39 is 0 Å². The molecule has 0 radical (unpaired) electrons. The number of benzene rings is 2. The summed E-state index contributed by atoms with van der Waals surface area (Å²) in [6.45, 7) is 3.96. The lowest BCUT2D eigenvalue weighted by atomic mass is 10.1. The van der Waals surface area contributed by atoms with Gasteiger partial charge in [-0.3, -0.25) is 5.43 Å². The van der Waals surface area contributed by atoms with Gasteiger partial charge >= 0.3 is 0 Å². The van der Waals surface area contributed by atoms with E-state index in [1.807, 2.05) is 62.4 Å². The second-order valence-electron chi connectivity index (χ2n) is 4.86. The van der Waals surface area contributed by atoms with E-state index in [9.17, 15) is 0 Å². The van der Waals surface area contributed by atoms with E-state index in [1.165, 1.54) is 5.56 Å². The van der Waals surface area contributed by atoms with Crippen molar-refractivity contribution in [2.75, 3.05) is 12.4 Å². The molecule has 5 heteroatoms. The van der Waals surface area contributed by atoms with Crippen LogP contribution in [-0.2, 0) is 0 Å². The Labute approximate surface area is 136 Å². The van der Waals surface area contributed by atoms with Gasteiger partial charge < -0.3 is 10.1 Å². The van der Waals surface area contributed by atoms with Crippen LogP contribution in [0, 0.1) is 6.92 Å². The zero-order chi connectivity index (χ0) is 15.9. The molecule has 0 fully saturated rings. The van der Waals surface area contributed by atoms with Crippen molar-refractivity contribution in [3.05, 3.63) is 59.7 Å². The Bertz CT molecular complexity index is 681. The molecule has 0 aliphatic heterocycles. The molecule has 2 N–H and O–H groups in total. The molecule has 0 bridgehead atoms. The molecular formula is C17H19N3OS. The van der Waals surface area contributed by atoms with Crippen molar-refractivity contribution in [2.24, 2.45) is 5.10 Å². The van der Waals surface area contributed by atoms with Gasteiger partial charge in [-0.25, -0.2) is 0 Å². The van der Waals surface area contributed by atoms with Crippen LogP contribution in [0.15, 0.2) is 53.6 Å². The number of hydrazone groups is 1. The number of hydrogen-bond donors (Lipinski definition) is 2. The monoisotopic (exact) mass is 313 g/mol. The van der Waals surface area contributed by atoms with E-state index >= 15 is 0 Å². The summed E-state index contributed by atoms with van der Waals surface area (Å²) in [5.41, 5.74) is 6.82. The number of nitrogens with one attached hydrogen (secondary N) is 2. The van der Waals surface area contributed by atoms with Crippen molar-refractivity contribution in [1.29, 1.82) is 0 Å². The summed E-state index contributed by atoms with van der Waals surface area (Å²) in [7, 11) is 1.65. The molecule has 0 saturated carbocycles. The Kier molecular flexibility index (Phi) is 5.49. The van der Waals surface area contributed by atoms with E-state index in [4.69, 9.17) is 17.0 Å². The summed E-state index contributed by atoms with van der Waals surface area (Å²) in [5, 5.41) is 7.85. The first kappa shape index (κ1) is 16.0. The van der Waals surface area contributed by atoms with Crippen molar-refractivity contribution in [3.63, 3.8) is 0 Å². The van der Waals surface area contributed by atoms with Crippen LogP contribution in [0.2, 0.25) is 0 Å². The predicted octanol–water partition coefficient (Wildman–Crippen LogP) is 3.71. The topological polar surface area (TPSA) is 45.6 Å². The number of aryl methyl sites for hydroxylation is 1. The molecule has 2 aromatic carbocycles. The number of anilines is 1. The quantitative estimate of drug-likeness (QED) is 0.513. The molecule has 0 aromatic heterocycles. The van der Waals surface area contributed by atoms with Crippen LogP contribution < -0.4 is 15.5 Å². The van der Waals surface area contributed by atoms with Crippen LogP contribution in [0.5, 0.6) is 5.75 Å². The van der Waals surface area contributed by atoms with Crippen molar-refractivity contribution in [3.8, 4) is 5.75 Å². The number of thiocarbonyl (C=S) groups is 1. The van der Waals surface area contributed by atoms with Crippen LogP contribution in [0.4, 0.5) is 5.69 Å². The maximum Gasteiger partial charge on any atom is 0.191 e. The fraction of sp³-hybridized carbons (Fsp3) is 0.176. The average molecular weight is 313 g/mol. The van der Waals surface area contributed by atoms with Crippen LogP contribution in [-0.4, -0.2) is 17.9 Å². The first-order valence-corrected chi connectivity index (χ1v) is 7.31. The van der Waals surface area contributed by atoms with Gasteiger partial charge in [0.25, 0.3) is 0 Å². The molecule has 0 heterocycles. The molecule has 0 saturated heterocycles. The molecule has 0 amide bonds. The number of methoxy groups -OCH3 is 1. The van der Waals surface area contributed by atoms with Crippen LogP contribution in [0.3, 0.4) is 0 Å². The first-order valence-electron chi connectivity index (χ1n) is 6.91. The minimum absolute atomic E-state index is 0.457. The lowest BCUT2D eigenvalue weighted by Gasteiger charge is -2.09. The average Bonchev–Trinajstić information content (AvgIpc) is 2.52. The second kappa shape index (κ2) is 7.56. The van der Waals surface area contributed by atoms with Crippen LogP contribution in [0.25, 0.3) is 0 Å². The zero-order valence-electron chi connectivity index (χ0n) is 12.9. The Balaban J connectivity index is 1.96. The van der Waals surface area contributed by atoms with Crippen LogP contribution >= 0.6 is 12.2 Å². The molecular weight excluding hydrogens is 294 g/mol. The molecule has 2 aromatic rings. The molecule has 0 unspecified atom stereocenters. The summed E-state index contributed by atoms with van der Waals surface area (Å²) < 4.78 is 5.14. The Morgan fingerprint density at radius 2 is 1.86 bits per heavy atom. The Morgan fingerprint density at radius 3 is 2.50 bits per heavy atom. The SMILES string of the molecule is COc1ccc(/C(C)=N/NC(=S)Nc2cccc(C)c2)cc1. The minimum Gasteiger partial charge on any atom is -0.497 e. The summed E-state index contributed by atoms with van der Waals surface area (Å²) in [6, 6.07) is 15.7. The molecule has 114 valence electrons. The van der Waals surface area contributed by atoms with E-state index in [-0.39, 0.29) is 0 Å². The van der Waals surface area contributed by atoms with E-state index in [1.54, 1.807) is 7.11 Å². The molecule has 0 spiro atoms. The normalized spacial score (nSPS) is 11.0. The van der Waals surface area contributed by atoms with Crippen molar-refractivity contribution in [1.82, 2.24) is 5.43 Å². The Hall–Kier alpha value is -2.40. The van der Waals surface area contributed by atoms with Gasteiger partial charge in [0.1, 0.15) is 5.75 Å². The fourth-order valence-corrected chi connectivity index (χ4v) is 2.08. The van der Waals surface area contributed by atoms with Gasteiger partial charge in [0.15, 0.2) is 5.11 Å². The summed E-state index contributed by atoms with van der Waals surface area (Å²) in [4.78, 5) is 0. The maximum atomic E-state index is 5.24. The zero-order valence-corrected chi connectivity index (χ0v) is 13.7. The Morgan fingerprint density at radius 1 is 1.14 bits per heavy atom. The largest absolute Gasteiger partial charge is 0.497 e. The number of ether oxygens (including phenoxy) is 1. The van der Waals surface area contributed by atoms with Gasteiger partial charge in [-0.05, 0) is 73.6 Å². The molecule has 0 aliphatic rings. The molecule has 0 aliphatic carbocycles. The highest BCUT2D eigenvalue weighted by Crippen LogP contribution is 2.12. The number of rotatable bonds is 4. The van der Waals surface area contributed by atoms with Gasteiger partial charge in [0, 0.05) is 5.69 Å². The van der Waals surface area contributed by atoms with E-state index in [0.717, 1.165) is 22.7 Å². The predicted molar refractivity (Wildman–Crippen MR) is 95.7 cm³/mol. The third kappa shape index (κ3) is 4.56. The third-order valence-electron chi connectivity index (χ3n) is 3.11. The van der Waals surface area contributed by atoms with Gasteiger partial charge in [0.2, 0.25) is 0 Å². The third-order valence-corrected chi connectivity index (χ3v) is 3.30. The van der Waals surface area contributed by atoms with Crippen LogP contribution in [0.1, 0.15) is 18.1 Å². The van der Waals surface area contributed by atoms with Gasteiger partial charge in [0.05, 0.1) is 12.8 Å². The lowest BCUT2D eigenvalue weighted by Crippen LogP contribution is -2.25. The number of hydrogen-bond acceptors (Lipinski definition) is 3. The second-order valence-corrected chi connectivity index (χ2v) is 5.27. The van der Waals surface area contributed by atoms with Gasteiger partial charge in [-0.1, -0.05) is 12.1 Å². The molecule has 22 heavy (non-hydrogen) atoms. The van der Waals surface area contributed by atoms with Gasteiger partial charge in [-0.2, -0.15) is 5.10 Å². The molecule has 0 atom stereocenters. The van der Waals surface area contributed by atoms with Crippen molar-refractivity contribution >= 4 is 28.7 Å². The van der Waals surface area contributed by atoms with Gasteiger partial charge in [-0.15, -0.1) is 0 Å². The minimum atomic E-state index is 0.457. The van der Waals surface area contributed by atoms with Crippen molar-refractivity contribution < 1.29 is 4.74 Å². The summed E-state index contributed by atoms with van der Waals surface area (Å²) in [6.07, 6.45) is 0. The number of nitrogens with zero attached hydrogens (tertiary/aromatic N) is 1. The summed E-state index contributed by atoms with van der Waals surface area (Å²) in [5.74, 6) is 0.821. The van der Waals surface area contributed by atoms with Crippen molar-refractivity contribution in [2.45, 2.75) is 13.8 Å².